The molecule has 0 aliphatic heterocycles. The maximum Gasteiger partial charge on any atom is 0.264 e. The Morgan fingerprint density at radius 1 is 1.06 bits per heavy atom. The van der Waals surface area contributed by atoms with Crippen LogP contribution in [0.5, 0.6) is 5.75 Å². The molecule has 0 saturated heterocycles. The van der Waals surface area contributed by atoms with Crippen molar-refractivity contribution in [1.82, 2.24) is 0 Å². The summed E-state index contributed by atoms with van der Waals surface area (Å²) in [6.45, 7) is 3.71. The number of rotatable bonds is 8. The molecule has 168 valence electrons. The minimum Gasteiger partial charge on any atom is -0.494 e. The van der Waals surface area contributed by atoms with E-state index in [0.717, 1.165) is 25.6 Å². The molecule has 1 amide bonds. The van der Waals surface area contributed by atoms with E-state index in [1.54, 1.807) is 30.3 Å². The van der Waals surface area contributed by atoms with Crippen LogP contribution in [0.4, 0.5) is 15.8 Å². The number of ether oxygens (including phenoxy) is 1. The normalized spacial score (nSPS) is 11.1. The molecule has 3 aromatic carbocycles. The Morgan fingerprint density at radius 3 is 2.31 bits per heavy atom. The lowest BCUT2D eigenvalue weighted by Crippen LogP contribution is -2.38. The number of nitrogens with one attached hydrogen (secondary N) is 1. The zero-order valence-corrected chi connectivity index (χ0v) is 20.5. The number of hydrogen-bond donors (Lipinski definition) is 1. The fourth-order valence-electron chi connectivity index (χ4n) is 3.01. The van der Waals surface area contributed by atoms with E-state index >= 15 is 0 Å². The summed E-state index contributed by atoms with van der Waals surface area (Å²) in [6, 6.07) is 16.4. The second-order valence-electron chi connectivity index (χ2n) is 6.90. The quantitative estimate of drug-likeness (QED) is 0.390. The first-order valence-electron chi connectivity index (χ1n) is 9.78. The monoisotopic (exact) mass is 568 g/mol. The SMILES string of the molecule is CCOc1ccc(N(CC(=O)Nc2ccc(I)cc2C)S(=O)(=O)c2ccc(F)cc2)cc1. The first kappa shape index (κ1) is 24.0. The van der Waals surface area contributed by atoms with E-state index in [1.807, 2.05) is 26.0 Å². The molecule has 0 bridgehead atoms. The predicted octanol–water partition coefficient (Wildman–Crippen LogP) is 4.97. The van der Waals surface area contributed by atoms with Gasteiger partial charge in [-0.1, -0.05) is 0 Å². The number of halogens is 2. The molecule has 0 atom stereocenters. The highest BCUT2D eigenvalue weighted by molar-refractivity contribution is 14.1. The maximum atomic E-state index is 13.3. The number of carbonyl (C=O) groups is 1. The summed E-state index contributed by atoms with van der Waals surface area (Å²) in [6.07, 6.45) is 0. The van der Waals surface area contributed by atoms with Gasteiger partial charge >= 0.3 is 0 Å². The fourth-order valence-corrected chi connectivity index (χ4v) is 5.08. The van der Waals surface area contributed by atoms with Crippen molar-refractivity contribution < 1.29 is 22.3 Å². The number of carbonyl (C=O) groups excluding carboxylic acids is 1. The molecule has 0 fully saturated rings. The van der Waals surface area contributed by atoms with E-state index in [0.29, 0.717) is 18.0 Å². The van der Waals surface area contributed by atoms with E-state index in [4.69, 9.17) is 4.74 Å². The number of benzene rings is 3. The van der Waals surface area contributed by atoms with Crippen LogP contribution >= 0.6 is 22.6 Å². The Kier molecular flexibility index (Phi) is 7.73. The van der Waals surface area contributed by atoms with Crippen molar-refractivity contribution in [3.05, 3.63) is 81.7 Å². The lowest BCUT2D eigenvalue weighted by Gasteiger charge is -2.24. The van der Waals surface area contributed by atoms with Crippen LogP contribution in [-0.4, -0.2) is 27.5 Å². The van der Waals surface area contributed by atoms with Crippen LogP contribution < -0.4 is 14.4 Å². The van der Waals surface area contributed by atoms with Crippen molar-refractivity contribution in [2.24, 2.45) is 0 Å². The number of anilines is 2. The Labute approximate surface area is 200 Å². The van der Waals surface area contributed by atoms with Crippen LogP contribution in [0.1, 0.15) is 12.5 Å². The van der Waals surface area contributed by atoms with Crippen molar-refractivity contribution in [1.29, 1.82) is 0 Å². The fraction of sp³-hybridized carbons (Fsp3) is 0.174. The molecule has 1 N–H and O–H groups in total. The molecule has 0 aliphatic rings. The summed E-state index contributed by atoms with van der Waals surface area (Å²) in [5.74, 6) is -0.480. The summed E-state index contributed by atoms with van der Waals surface area (Å²) in [5, 5.41) is 2.77. The van der Waals surface area contributed by atoms with Gasteiger partial charge in [-0.2, -0.15) is 0 Å². The van der Waals surface area contributed by atoms with Gasteiger partial charge in [0, 0.05) is 9.26 Å². The second kappa shape index (κ2) is 10.3. The van der Waals surface area contributed by atoms with Crippen LogP contribution in [0.25, 0.3) is 0 Å². The molecule has 3 aromatic rings. The van der Waals surface area contributed by atoms with Crippen LogP contribution in [0.2, 0.25) is 0 Å². The average Bonchev–Trinajstić information content (AvgIpc) is 2.75. The zero-order chi connectivity index (χ0) is 23.3. The minimum atomic E-state index is -4.14. The number of nitrogens with zero attached hydrogens (tertiary/aromatic N) is 1. The Balaban J connectivity index is 1.94. The van der Waals surface area contributed by atoms with Gasteiger partial charge in [0.05, 0.1) is 17.2 Å². The molecule has 0 aliphatic carbocycles. The number of amides is 1. The lowest BCUT2D eigenvalue weighted by atomic mass is 10.2. The smallest absolute Gasteiger partial charge is 0.264 e. The molecular formula is C23H22FIN2O4S. The average molecular weight is 568 g/mol. The summed E-state index contributed by atoms with van der Waals surface area (Å²) in [4.78, 5) is 12.7. The zero-order valence-electron chi connectivity index (χ0n) is 17.5. The summed E-state index contributed by atoms with van der Waals surface area (Å²) in [5.41, 5.74) is 1.74. The van der Waals surface area contributed by atoms with E-state index in [-0.39, 0.29) is 10.6 Å². The molecule has 32 heavy (non-hydrogen) atoms. The summed E-state index contributed by atoms with van der Waals surface area (Å²) < 4.78 is 47.5. The first-order valence-corrected chi connectivity index (χ1v) is 12.3. The van der Waals surface area contributed by atoms with E-state index in [1.165, 1.54) is 12.1 Å². The van der Waals surface area contributed by atoms with Gasteiger partial charge < -0.3 is 10.1 Å². The highest BCUT2D eigenvalue weighted by atomic mass is 127. The van der Waals surface area contributed by atoms with Gasteiger partial charge in [0.25, 0.3) is 10.0 Å². The molecule has 0 unspecified atom stereocenters. The van der Waals surface area contributed by atoms with Crippen molar-refractivity contribution in [2.45, 2.75) is 18.7 Å². The Hall–Kier alpha value is -2.66. The summed E-state index contributed by atoms with van der Waals surface area (Å²) in [7, 11) is -4.14. The Morgan fingerprint density at radius 2 is 1.72 bits per heavy atom. The molecule has 0 saturated carbocycles. The van der Waals surface area contributed by atoms with Gasteiger partial charge in [0.15, 0.2) is 0 Å². The van der Waals surface area contributed by atoms with Gasteiger partial charge in [-0.25, -0.2) is 12.8 Å². The minimum absolute atomic E-state index is 0.119. The van der Waals surface area contributed by atoms with Gasteiger partial charge in [-0.3, -0.25) is 9.10 Å². The summed E-state index contributed by atoms with van der Waals surface area (Å²) >= 11 is 2.17. The van der Waals surface area contributed by atoms with Crippen LogP contribution in [0.3, 0.4) is 0 Å². The Bertz CT molecular complexity index is 1200. The highest BCUT2D eigenvalue weighted by Gasteiger charge is 2.27. The predicted molar refractivity (Wildman–Crippen MR) is 131 cm³/mol. The van der Waals surface area contributed by atoms with Gasteiger partial charge in [0.1, 0.15) is 18.1 Å². The maximum absolute atomic E-state index is 13.3. The molecule has 6 nitrogen and oxygen atoms in total. The number of sulfonamides is 1. The first-order chi connectivity index (χ1) is 15.2. The molecule has 0 heterocycles. The lowest BCUT2D eigenvalue weighted by molar-refractivity contribution is -0.114. The number of hydrogen-bond acceptors (Lipinski definition) is 4. The van der Waals surface area contributed by atoms with Crippen molar-refractivity contribution in [2.75, 3.05) is 22.8 Å². The third kappa shape index (κ3) is 5.77. The largest absolute Gasteiger partial charge is 0.494 e. The van der Waals surface area contributed by atoms with Crippen LogP contribution in [0.15, 0.2) is 71.6 Å². The topological polar surface area (TPSA) is 75.7 Å². The van der Waals surface area contributed by atoms with Gasteiger partial charge in [-0.05, 0) is 109 Å². The van der Waals surface area contributed by atoms with Crippen molar-refractivity contribution in [3.63, 3.8) is 0 Å². The molecule has 0 radical (unpaired) electrons. The third-order valence-corrected chi connectivity index (χ3v) is 7.05. The molecular weight excluding hydrogens is 546 g/mol. The third-order valence-electron chi connectivity index (χ3n) is 4.59. The van der Waals surface area contributed by atoms with Crippen molar-refractivity contribution >= 4 is 49.9 Å². The standard InChI is InChI=1S/C23H22FIN2O4S/c1-3-31-20-9-7-19(8-10-20)27(32(29,30)21-11-4-17(24)5-12-21)15-23(28)26-22-13-6-18(25)14-16(22)2/h4-14H,3,15H2,1-2H3,(H,26,28). The van der Waals surface area contributed by atoms with E-state index in [9.17, 15) is 17.6 Å². The van der Waals surface area contributed by atoms with E-state index < -0.39 is 28.3 Å². The molecule has 9 heteroatoms. The van der Waals surface area contributed by atoms with Crippen LogP contribution in [0, 0.1) is 16.3 Å². The van der Waals surface area contributed by atoms with Crippen molar-refractivity contribution in [3.8, 4) is 5.75 Å². The van der Waals surface area contributed by atoms with Gasteiger partial charge in [-0.15, -0.1) is 0 Å². The second-order valence-corrected chi connectivity index (χ2v) is 10.0. The molecule has 0 aromatic heterocycles. The molecule has 0 spiro atoms. The number of aryl methyl sites for hydroxylation is 1. The highest BCUT2D eigenvalue weighted by Crippen LogP contribution is 2.26. The van der Waals surface area contributed by atoms with Crippen LogP contribution in [-0.2, 0) is 14.8 Å². The van der Waals surface area contributed by atoms with E-state index in [2.05, 4.69) is 27.9 Å². The molecule has 3 rings (SSSR count). The van der Waals surface area contributed by atoms with Gasteiger partial charge in [0.2, 0.25) is 5.91 Å².